The molecule has 1 aromatic rings. The first-order valence-corrected chi connectivity index (χ1v) is 10.1. The van der Waals surface area contributed by atoms with Crippen LogP contribution in [-0.2, 0) is 26.0 Å². The van der Waals surface area contributed by atoms with Gasteiger partial charge in [0.2, 0.25) is 5.91 Å². The van der Waals surface area contributed by atoms with Crippen LogP contribution in [0.2, 0.25) is 0 Å². The van der Waals surface area contributed by atoms with Crippen molar-refractivity contribution < 1.29 is 17.9 Å². The molecule has 0 aromatic heterocycles. The number of nitrogens with one attached hydrogen (secondary N) is 2. The minimum Gasteiger partial charge on any atom is -0.374 e. The maximum atomic E-state index is 12.7. The first-order valence-electron chi connectivity index (χ1n) is 8.17. The largest absolute Gasteiger partial charge is 0.374 e. The minimum atomic E-state index is -3.51. The molecule has 0 bridgehead atoms. The standard InChI is InChI=1S/C17H26N2O4S/c1-13(2)23-12-14-4-6-15(7-5-14)19-16(20)17(24(3,21)22)8-10-18-11-9-17/h4-7,13,18H,8-12H2,1-3H3,(H,19,20). The average molecular weight is 354 g/mol. The van der Waals surface area contributed by atoms with Gasteiger partial charge in [0.25, 0.3) is 0 Å². The number of carbonyl (C=O) groups excluding carboxylic acids is 1. The second kappa shape index (κ2) is 7.63. The van der Waals surface area contributed by atoms with Gasteiger partial charge < -0.3 is 15.4 Å². The third kappa shape index (κ3) is 4.34. The summed E-state index contributed by atoms with van der Waals surface area (Å²) in [6.07, 6.45) is 1.87. The van der Waals surface area contributed by atoms with Crippen molar-refractivity contribution in [2.24, 2.45) is 0 Å². The van der Waals surface area contributed by atoms with E-state index >= 15 is 0 Å². The zero-order valence-corrected chi connectivity index (χ0v) is 15.3. The molecule has 0 spiro atoms. The van der Waals surface area contributed by atoms with Crippen molar-refractivity contribution in [3.05, 3.63) is 29.8 Å². The Balaban J connectivity index is 2.10. The molecule has 134 valence electrons. The second-order valence-corrected chi connectivity index (χ2v) is 8.85. The van der Waals surface area contributed by atoms with Gasteiger partial charge in [-0.1, -0.05) is 12.1 Å². The van der Waals surface area contributed by atoms with Gasteiger partial charge in [-0.3, -0.25) is 4.79 Å². The molecule has 0 aliphatic carbocycles. The summed E-state index contributed by atoms with van der Waals surface area (Å²) in [6.45, 7) is 5.49. The monoisotopic (exact) mass is 354 g/mol. The van der Waals surface area contributed by atoms with E-state index in [0.717, 1.165) is 11.8 Å². The lowest BCUT2D eigenvalue weighted by Gasteiger charge is -2.34. The number of anilines is 1. The number of ether oxygens (including phenoxy) is 1. The minimum absolute atomic E-state index is 0.152. The highest BCUT2D eigenvalue weighted by Crippen LogP contribution is 2.29. The Hall–Kier alpha value is -1.44. The Kier molecular flexibility index (Phi) is 6.01. The third-order valence-electron chi connectivity index (χ3n) is 4.33. The molecule has 0 saturated carbocycles. The van der Waals surface area contributed by atoms with Gasteiger partial charge in [0.1, 0.15) is 0 Å². The van der Waals surface area contributed by atoms with Crippen molar-refractivity contribution in [2.75, 3.05) is 24.7 Å². The van der Waals surface area contributed by atoms with E-state index in [-0.39, 0.29) is 18.9 Å². The lowest BCUT2D eigenvalue weighted by Crippen LogP contribution is -2.55. The number of amides is 1. The predicted octanol–water partition coefficient (Wildman–Crippen LogP) is 1.72. The van der Waals surface area contributed by atoms with Crippen LogP contribution in [0.15, 0.2) is 24.3 Å². The lowest BCUT2D eigenvalue weighted by molar-refractivity contribution is -0.119. The summed E-state index contributed by atoms with van der Waals surface area (Å²) in [7, 11) is -3.51. The van der Waals surface area contributed by atoms with E-state index in [1.54, 1.807) is 12.1 Å². The molecule has 1 aromatic carbocycles. The number of hydrogen-bond acceptors (Lipinski definition) is 5. The highest BCUT2D eigenvalue weighted by molar-refractivity contribution is 7.92. The summed E-state index contributed by atoms with van der Waals surface area (Å²) in [5.74, 6) is -0.447. The van der Waals surface area contributed by atoms with E-state index in [1.165, 1.54) is 0 Å². The van der Waals surface area contributed by atoms with E-state index < -0.39 is 20.5 Å². The van der Waals surface area contributed by atoms with Gasteiger partial charge in [-0.05, 0) is 57.5 Å². The lowest BCUT2D eigenvalue weighted by atomic mass is 9.95. The molecule has 1 aliphatic heterocycles. The van der Waals surface area contributed by atoms with E-state index in [1.807, 2.05) is 26.0 Å². The number of hydrogen-bond donors (Lipinski definition) is 2. The SMILES string of the molecule is CC(C)OCc1ccc(NC(=O)C2(S(C)(=O)=O)CCNCC2)cc1. The first kappa shape index (κ1) is 18.9. The van der Waals surface area contributed by atoms with Gasteiger partial charge in [-0.15, -0.1) is 0 Å². The van der Waals surface area contributed by atoms with Gasteiger partial charge in [-0.25, -0.2) is 8.42 Å². The maximum Gasteiger partial charge on any atom is 0.245 e. The first-order chi connectivity index (χ1) is 11.2. The molecule has 0 radical (unpaired) electrons. The van der Waals surface area contributed by atoms with Gasteiger partial charge in [0, 0.05) is 11.9 Å². The fourth-order valence-electron chi connectivity index (χ4n) is 2.79. The Bertz CT molecular complexity index is 662. The van der Waals surface area contributed by atoms with Crippen LogP contribution < -0.4 is 10.6 Å². The highest BCUT2D eigenvalue weighted by atomic mass is 32.2. The van der Waals surface area contributed by atoms with Crippen molar-refractivity contribution in [2.45, 2.75) is 44.1 Å². The molecule has 1 fully saturated rings. The average Bonchev–Trinajstić information content (AvgIpc) is 2.53. The van der Waals surface area contributed by atoms with E-state index in [2.05, 4.69) is 10.6 Å². The maximum absolute atomic E-state index is 12.7. The van der Waals surface area contributed by atoms with Crippen LogP contribution in [0.5, 0.6) is 0 Å². The highest BCUT2D eigenvalue weighted by Gasteiger charge is 2.48. The molecule has 2 N–H and O–H groups in total. The van der Waals surface area contributed by atoms with Crippen molar-refractivity contribution in [3.8, 4) is 0 Å². The number of benzene rings is 1. The van der Waals surface area contributed by atoms with Crippen LogP contribution in [0.25, 0.3) is 0 Å². The van der Waals surface area contributed by atoms with Crippen LogP contribution in [-0.4, -0.2) is 44.5 Å². The molecule has 1 amide bonds. The van der Waals surface area contributed by atoms with Gasteiger partial charge in [0.15, 0.2) is 14.6 Å². The zero-order valence-electron chi connectivity index (χ0n) is 14.5. The topological polar surface area (TPSA) is 84.5 Å². The number of carbonyl (C=O) groups is 1. The van der Waals surface area contributed by atoms with Gasteiger partial charge >= 0.3 is 0 Å². The van der Waals surface area contributed by atoms with Crippen LogP contribution >= 0.6 is 0 Å². The summed E-state index contributed by atoms with van der Waals surface area (Å²) in [5.41, 5.74) is 1.59. The fraction of sp³-hybridized carbons (Fsp3) is 0.588. The molecule has 6 nitrogen and oxygen atoms in total. The molecule has 7 heteroatoms. The van der Waals surface area contributed by atoms with Crippen molar-refractivity contribution in [3.63, 3.8) is 0 Å². The van der Waals surface area contributed by atoms with Gasteiger partial charge in [0.05, 0.1) is 12.7 Å². The molecular formula is C17H26N2O4S. The third-order valence-corrected chi connectivity index (χ3v) is 6.34. The molecule has 1 saturated heterocycles. The van der Waals surface area contributed by atoms with Gasteiger partial charge in [-0.2, -0.15) is 0 Å². The van der Waals surface area contributed by atoms with Crippen molar-refractivity contribution in [1.82, 2.24) is 5.32 Å². The number of rotatable bonds is 6. The molecule has 1 heterocycles. The predicted molar refractivity (Wildman–Crippen MR) is 94.7 cm³/mol. The van der Waals surface area contributed by atoms with Crippen molar-refractivity contribution in [1.29, 1.82) is 0 Å². The summed E-state index contributed by atoms with van der Waals surface area (Å²) in [5, 5.41) is 5.87. The van der Waals surface area contributed by atoms with Crippen molar-refractivity contribution >= 4 is 21.4 Å². The Morgan fingerprint density at radius 2 is 1.83 bits per heavy atom. The fourth-order valence-corrected chi connectivity index (χ4v) is 4.12. The number of sulfone groups is 1. The normalized spacial score (nSPS) is 17.7. The summed E-state index contributed by atoms with van der Waals surface area (Å²) in [6, 6.07) is 7.28. The Morgan fingerprint density at radius 1 is 1.25 bits per heavy atom. The number of piperidine rings is 1. The van der Waals surface area contributed by atoms with Crippen LogP contribution in [0.3, 0.4) is 0 Å². The molecule has 1 aliphatic rings. The Morgan fingerprint density at radius 3 is 2.33 bits per heavy atom. The van der Waals surface area contributed by atoms with Crippen LogP contribution in [0.4, 0.5) is 5.69 Å². The quantitative estimate of drug-likeness (QED) is 0.812. The Labute approximate surface area is 143 Å². The molecule has 0 atom stereocenters. The van der Waals surface area contributed by atoms with E-state index in [0.29, 0.717) is 25.4 Å². The zero-order chi connectivity index (χ0) is 17.8. The molecule has 0 unspecified atom stereocenters. The molecule has 24 heavy (non-hydrogen) atoms. The van der Waals surface area contributed by atoms with E-state index in [4.69, 9.17) is 4.74 Å². The molecular weight excluding hydrogens is 328 g/mol. The summed E-state index contributed by atoms with van der Waals surface area (Å²) < 4.78 is 28.7. The second-order valence-electron chi connectivity index (χ2n) is 6.53. The van der Waals surface area contributed by atoms with Crippen LogP contribution in [0, 0.1) is 0 Å². The smallest absolute Gasteiger partial charge is 0.245 e. The summed E-state index contributed by atoms with van der Waals surface area (Å²) in [4.78, 5) is 12.7. The summed E-state index contributed by atoms with van der Waals surface area (Å²) >= 11 is 0. The van der Waals surface area contributed by atoms with Crippen LogP contribution in [0.1, 0.15) is 32.3 Å². The van der Waals surface area contributed by atoms with E-state index in [9.17, 15) is 13.2 Å². The molecule has 2 rings (SSSR count).